The number of aliphatic hydroxyl groups excluding tert-OH is 1. The monoisotopic (exact) mass is 497 g/mol. The molecule has 0 saturated carbocycles. The molecule has 6 heteroatoms. The van der Waals surface area contributed by atoms with Gasteiger partial charge in [-0.15, -0.1) is 24.3 Å². The molecule has 4 nitrogen and oxygen atoms in total. The van der Waals surface area contributed by atoms with E-state index in [-0.39, 0.29) is 38.4 Å². The Morgan fingerprint density at radius 1 is 1.39 bits per heavy atom. The molecule has 1 aromatic heterocycles. The summed E-state index contributed by atoms with van der Waals surface area (Å²) in [5, 5.41) is 8.36. The molecule has 0 radical (unpaired) electrons. The van der Waals surface area contributed by atoms with Crippen molar-refractivity contribution in [3.05, 3.63) is 60.2 Å². The van der Waals surface area contributed by atoms with Crippen LogP contribution in [0.3, 0.4) is 0 Å². The molecule has 1 heterocycles. The normalized spacial score (nSPS) is 10.0. The van der Waals surface area contributed by atoms with E-state index < -0.39 is 0 Å². The van der Waals surface area contributed by atoms with Crippen molar-refractivity contribution >= 4 is 5.78 Å². The van der Waals surface area contributed by atoms with Gasteiger partial charge >= 0.3 is 0 Å². The number of methoxy groups -OCH3 is 1. The summed E-state index contributed by atoms with van der Waals surface area (Å²) in [7, 11) is 1.56. The van der Waals surface area contributed by atoms with E-state index >= 15 is 0 Å². The van der Waals surface area contributed by atoms with E-state index in [0.29, 0.717) is 17.0 Å². The topological polar surface area (TPSA) is 59.4 Å². The van der Waals surface area contributed by atoms with E-state index in [9.17, 15) is 9.18 Å². The molecular formula is C17H17FNO3Pt-. The molecule has 2 aromatic rings. The maximum atomic E-state index is 13.4. The first-order chi connectivity index (χ1) is 10.4. The molecule has 126 valence electrons. The van der Waals surface area contributed by atoms with E-state index in [1.165, 1.54) is 26.0 Å². The van der Waals surface area contributed by atoms with E-state index in [1.807, 2.05) is 0 Å². The van der Waals surface area contributed by atoms with Crippen LogP contribution in [0.4, 0.5) is 4.39 Å². The number of hydrogen-bond donors (Lipinski definition) is 1. The Morgan fingerprint density at radius 2 is 2.09 bits per heavy atom. The number of hydrogen-bond acceptors (Lipinski definition) is 4. The summed E-state index contributed by atoms with van der Waals surface area (Å²) in [6.07, 6.45) is 2.74. The number of halogens is 1. The number of allylic oxidation sites excluding steroid dienone is 2. The van der Waals surface area contributed by atoms with Crippen LogP contribution < -0.4 is 4.74 Å². The number of ketones is 1. The summed E-state index contributed by atoms with van der Waals surface area (Å²) in [6.45, 7) is 2.85. The number of nitrogens with zero attached hydrogens (tertiary/aromatic N) is 1. The molecule has 0 fully saturated rings. The maximum absolute atomic E-state index is 13.4. The molecule has 0 aliphatic rings. The SMILES string of the molecule is CC(=O)/C=C(/C)O.COc1ccnc(-c2[c-]cccc2F)c1.[Pt]. The quantitative estimate of drug-likeness (QED) is 0.399. The van der Waals surface area contributed by atoms with Crippen molar-refractivity contribution in [1.82, 2.24) is 4.98 Å². The molecule has 0 aliphatic carbocycles. The number of carbonyl (C=O) groups excluding carboxylic acids is 1. The Bertz CT molecular complexity index is 670. The smallest absolute Gasteiger partial charge is 0.155 e. The molecule has 0 bridgehead atoms. The minimum atomic E-state index is -0.335. The minimum Gasteiger partial charge on any atom is -0.512 e. The predicted molar refractivity (Wildman–Crippen MR) is 82.1 cm³/mol. The van der Waals surface area contributed by atoms with E-state index in [1.54, 1.807) is 37.6 Å². The summed E-state index contributed by atoms with van der Waals surface area (Å²) < 4.78 is 18.4. The Balaban J connectivity index is 0.000000522. The van der Waals surface area contributed by atoms with Crippen LogP contribution in [0.1, 0.15) is 13.8 Å². The van der Waals surface area contributed by atoms with Gasteiger partial charge in [0.25, 0.3) is 0 Å². The zero-order chi connectivity index (χ0) is 16.5. The average Bonchev–Trinajstić information content (AvgIpc) is 2.47. The van der Waals surface area contributed by atoms with Gasteiger partial charge in [-0.2, -0.15) is 0 Å². The van der Waals surface area contributed by atoms with Gasteiger partial charge in [0.05, 0.1) is 12.9 Å². The molecule has 1 N–H and O–H groups in total. The van der Waals surface area contributed by atoms with Gasteiger partial charge < -0.3 is 14.8 Å². The fourth-order valence-corrected chi connectivity index (χ4v) is 1.58. The van der Waals surface area contributed by atoms with E-state index in [2.05, 4.69) is 11.1 Å². The van der Waals surface area contributed by atoms with Crippen LogP contribution in [-0.2, 0) is 25.9 Å². The zero-order valence-corrected chi connectivity index (χ0v) is 15.2. The maximum Gasteiger partial charge on any atom is 0.155 e. The van der Waals surface area contributed by atoms with E-state index in [4.69, 9.17) is 9.84 Å². The number of carbonyl (C=O) groups is 1. The van der Waals surface area contributed by atoms with Crippen LogP contribution >= 0.6 is 0 Å². The first-order valence-corrected chi connectivity index (χ1v) is 6.48. The van der Waals surface area contributed by atoms with Crippen LogP contribution in [0.25, 0.3) is 11.3 Å². The third-order valence-corrected chi connectivity index (χ3v) is 2.44. The molecule has 0 spiro atoms. The van der Waals surface area contributed by atoms with Gasteiger partial charge in [0.15, 0.2) is 5.78 Å². The molecule has 0 amide bonds. The number of ether oxygens (including phenoxy) is 1. The summed E-state index contributed by atoms with van der Waals surface area (Å²) in [5.41, 5.74) is 0.879. The van der Waals surface area contributed by atoms with Crippen LogP contribution in [0.15, 0.2) is 48.4 Å². The van der Waals surface area contributed by atoms with Crippen molar-refractivity contribution in [2.45, 2.75) is 13.8 Å². The second kappa shape index (κ2) is 10.7. The predicted octanol–water partition coefficient (Wildman–Crippen LogP) is 3.73. The summed E-state index contributed by atoms with van der Waals surface area (Å²) in [6, 6.07) is 10.8. The van der Waals surface area contributed by atoms with Gasteiger partial charge in [0.2, 0.25) is 0 Å². The third-order valence-electron chi connectivity index (χ3n) is 2.44. The van der Waals surface area contributed by atoms with Gasteiger partial charge in [-0.1, -0.05) is 5.56 Å². The summed E-state index contributed by atoms with van der Waals surface area (Å²) >= 11 is 0. The second-order valence-electron chi connectivity index (χ2n) is 4.37. The van der Waals surface area contributed by atoms with Gasteiger partial charge in [-0.05, 0) is 31.7 Å². The van der Waals surface area contributed by atoms with Crippen LogP contribution in [0.5, 0.6) is 5.75 Å². The van der Waals surface area contributed by atoms with Crippen molar-refractivity contribution in [2.75, 3.05) is 7.11 Å². The largest absolute Gasteiger partial charge is 0.512 e. The number of rotatable bonds is 3. The molecule has 0 aliphatic heterocycles. The van der Waals surface area contributed by atoms with Crippen molar-refractivity contribution in [3.63, 3.8) is 0 Å². The van der Waals surface area contributed by atoms with Crippen LogP contribution in [-0.4, -0.2) is 23.0 Å². The Hall–Kier alpha value is -2.00. The Kier molecular flexibility index (Phi) is 9.75. The fourth-order valence-electron chi connectivity index (χ4n) is 1.58. The fraction of sp³-hybridized carbons (Fsp3) is 0.176. The standard InChI is InChI=1S/C12H9FNO.C5H8O2.Pt/c1-15-9-6-7-14-12(8-9)10-4-2-3-5-11(10)13;1-4(6)3-5(2)7;/h2-3,5-8H,1H3;3,6H,1-2H3;/q-1;;/b;4-3-;. The Labute approximate surface area is 149 Å². The van der Waals surface area contributed by atoms with Gasteiger partial charge in [-0.25, -0.2) is 0 Å². The minimum absolute atomic E-state index is 0. The number of aromatic nitrogens is 1. The number of pyridine rings is 1. The molecular weight excluding hydrogens is 480 g/mol. The first-order valence-electron chi connectivity index (χ1n) is 6.48. The van der Waals surface area contributed by atoms with E-state index in [0.717, 1.165) is 0 Å². The molecule has 23 heavy (non-hydrogen) atoms. The molecule has 0 saturated heterocycles. The first kappa shape index (κ1) is 21.0. The van der Waals surface area contributed by atoms with Gasteiger partial charge in [-0.3, -0.25) is 9.18 Å². The van der Waals surface area contributed by atoms with Crippen LogP contribution in [0, 0.1) is 11.9 Å². The van der Waals surface area contributed by atoms with Crippen molar-refractivity contribution in [3.8, 4) is 17.0 Å². The molecule has 0 unspecified atom stereocenters. The summed E-state index contributed by atoms with van der Waals surface area (Å²) in [5.74, 6) is 0.252. The number of benzene rings is 1. The zero-order valence-electron chi connectivity index (χ0n) is 12.9. The Morgan fingerprint density at radius 3 is 2.57 bits per heavy atom. The molecule has 1 aromatic carbocycles. The van der Waals surface area contributed by atoms with Crippen LogP contribution in [0.2, 0.25) is 0 Å². The molecule has 2 rings (SSSR count). The third kappa shape index (κ3) is 7.70. The van der Waals surface area contributed by atoms with Crippen molar-refractivity contribution in [2.24, 2.45) is 0 Å². The number of aliphatic hydroxyl groups is 1. The average molecular weight is 497 g/mol. The van der Waals surface area contributed by atoms with Crippen molar-refractivity contribution in [1.29, 1.82) is 0 Å². The van der Waals surface area contributed by atoms with Gasteiger partial charge in [0.1, 0.15) is 5.75 Å². The second-order valence-corrected chi connectivity index (χ2v) is 4.37. The van der Waals surface area contributed by atoms with Gasteiger partial charge in [0, 0.05) is 39.2 Å². The summed E-state index contributed by atoms with van der Waals surface area (Å²) in [4.78, 5) is 14.1. The molecule has 0 atom stereocenters. The van der Waals surface area contributed by atoms with Crippen molar-refractivity contribution < 1.29 is 40.1 Å².